The molecular formula is C10H8F3N3S. The fraction of sp³-hybridized carbons (Fsp3) is 0.200. The van der Waals surface area contributed by atoms with Crippen LogP contribution in [0.15, 0.2) is 24.5 Å². The van der Waals surface area contributed by atoms with Crippen molar-refractivity contribution in [3.63, 3.8) is 0 Å². The van der Waals surface area contributed by atoms with E-state index in [-0.39, 0.29) is 4.64 Å². The van der Waals surface area contributed by atoms with Crippen LogP contribution >= 0.6 is 12.2 Å². The van der Waals surface area contributed by atoms with Crippen molar-refractivity contribution in [1.29, 1.82) is 0 Å². The molecule has 0 aliphatic rings. The number of rotatable bonds is 1. The number of aromatic nitrogens is 3. The van der Waals surface area contributed by atoms with Gasteiger partial charge in [0.25, 0.3) is 0 Å². The monoisotopic (exact) mass is 259 g/mol. The van der Waals surface area contributed by atoms with Crippen LogP contribution in [0.3, 0.4) is 0 Å². The van der Waals surface area contributed by atoms with E-state index in [2.05, 4.69) is 10.1 Å². The van der Waals surface area contributed by atoms with Crippen LogP contribution in [0.2, 0.25) is 0 Å². The number of nitrogens with one attached hydrogen (secondary N) is 1. The minimum absolute atomic E-state index is 0.0404. The van der Waals surface area contributed by atoms with Crippen LogP contribution < -0.4 is 0 Å². The summed E-state index contributed by atoms with van der Waals surface area (Å²) in [5.74, 6) is 0. The van der Waals surface area contributed by atoms with Crippen LogP contribution in [-0.4, -0.2) is 14.8 Å². The summed E-state index contributed by atoms with van der Waals surface area (Å²) >= 11 is 4.78. The van der Waals surface area contributed by atoms with Crippen molar-refractivity contribution in [3.05, 3.63) is 34.7 Å². The van der Waals surface area contributed by atoms with Gasteiger partial charge in [0.05, 0.1) is 17.5 Å². The van der Waals surface area contributed by atoms with Crippen molar-refractivity contribution in [2.45, 2.75) is 6.18 Å². The molecule has 0 aromatic carbocycles. The van der Waals surface area contributed by atoms with E-state index in [0.29, 0.717) is 11.3 Å². The highest BCUT2D eigenvalue weighted by Crippen LogP contribution is 2.31. The van der Waals surface area contributed by atoms with Gasteiger partial charge in [-0.3, -0.25) is 4.68 Å². The van der Waals surface area contributed by atoms with Gasteiger partial charge in [-0.05, 0) is 12.1 Å². The normalized spacial score (nSPS) is 11.8. The Morgan fingerprint density at radius 1 is 1.35 bits per heavy atom. The molecule has 0 saturated carbocycles. The Kier molecular flexibility index (Phi) is 2.78. The molecule has 0 radical (unpaired) electrons. The van der Waals surface area contributed by atoms with E-state index in [9.17, 15) is 13.2 Å². The minimum atomic E-state index is -4.40. The van der Waals surface area contributed by atoms with E-state index < -0.39 is 11.7 Å². The summed E-state index contributed by atoms with van der Waals surface area (Å²) < 4.78 is 39.3. The molecule has 0 aliphatic carbocycles. The summed E-state index contributed by atoms with van der Waals surface area (Å²) in [6.45, 7) is 0. The number of pyridine rings is 1. The van der Waals surface area contributed by atoms with Crippen molar-refractivity contribution in [3.8, 4) is 11.3 Å². The van der Waals surface area contributed by atoms with E-state index in [1.807, 2.05) is 0 Å². The summed E-state index contributed by atoms with van der Waals surface area (Å²) in [5, 5.41) is 3.90. The number of aryl methyl sites for hydroxylation is 1. The zero-order valence-electron chi connectivity index (χ0n) is 8.75. The van der Waals surface area contributed by atoms with E-state index in [1.165, 1.54) is 10.9 Å². The molecule has 3 nitrogen and oxygen atoms in total. The van der Waals surface area contributed by atoms with Gasteiger partial charge >= 0.3 is 6.18 Å². The molecule has 1 N–H and O–H groups in total. The number of H-pyrrole nitrogens is 1. The van der Waals surface area contributed by atoms with Gasteiger partial charge in [0, 0.05) is 18.8 Å². The Labute approximate surface area is 99.9 Å². The van der Waals surface area contributed by atoms with Gasteiger partial charge < -0.3 is 4.98 Å². The first kappa shape index (κ1) is 11.8. The van der Waals surface area contributed by atoms with Crippen molar-refractivity contribution < 1.29 is 13.2 Å². The Bertz CT molecular complexity index is 597. The number of halogens is 3. The Morgan fingerprint density at radius 2 is 2.06 bits per heavy atom. The zero-order chi connectivity index (χ0) is 12.6. The second-order valence-corrected chi connectivity index (χ2v) is 3.99. The summed E-state index contributed by atoms with van der Waals surface area (Å²) in [7, 11) is 1.69. The van der Waals surface area contributed by atoms with E-state index in [1.54, 1.807) is 13.2 Å². The maximum atomic E-state index is 12.6. The molecule has 90 valence electrons. The molecule has 2 rings (SSSR count). The van der Waals surface area contributed by atoms with Crippen molar-refractivity contribution in [2.24, 2.45) is 7.05 Å². The summed E-state index contributed by atoms with van der Waals surface area (Å²) in [6.07, 6.45) is -1.32. The van der Waals surface area contributed by atoms with Gasteiger partial charge in [-0.2, -0.15) is 18.3 Å². The molecule has 0 unspecified atom stereocenters. The second-order valence-electron chi connectivity index (χ2n) is 3.55. The van der Waals surface area contributed by atoms with Crippen molar-refractivity contribution in [2.75, 3.05) is 0 Å². The lowest BCUT2D eigenvalue weighted by Crippen LogP contribution is -2.05. The molecule has 0 atom stereocenters. The van der Waals surface area contributed by atoms with Gasteiger partial charge in [0.2, 0.25) is 0 Å². The quantitative estimate of drug-likeness (QED) is 0.798. The van der Waals surface area contributed by atoms with Crippen LogP contribution in [0.1, 0.15) is 5.56 Å². The topological polar surface area (TPSA) is 33.6 Å². The van der Waals surface area contributed by atoms with Gasteiger partial charge in [0.15, 0.2) is 0 Å². The standard InChI is InChI=1S/C10H8F3N3S/c1-16-5-6(4-14-16)8-2-7(10(11,12)13)3-9(17)15-8/h2-5H,1H3,(H,15,17). The summed E-state index contributed by atoms with van der Waals surface area (Å²) in [4.78, 5) is 2.71. The van der Waals surface area contributed by atoms with Crippen LogP contribution in [0, 0.1) is 4.64 Å². The molecule has 0 amide bonds. The fourth-order valence-electron chi connectivity index (χ4n) is 1.42. The summed E-state index contributed by atoms with van der Waals surface area (Å²) in [5.41, 5.74) is 0.0997. The predicted molar refractivity (Wildman–Crippen MR) is 58.8 cm³/mol. The Morgan fingerprint density at radius 3 is 2.59 bits per heavy atom. The Hall–Kier alpha value is -1.63. The second kappa shape index (κ2) is 3.99. The molecule has 0 fully saturated rings. The Balaban J connectivity index is 2.57. The van der Waals surface area contributed by atoms with Crippen molar-refractivity contribution in [1.82, 2.24) is 14.8 Å². The molecule has 7 heteroatoms. The van der Waals surface area contributed by atoms with E-state index in [4.69, 9.17) is 12.2 Å². The van der Waals surface area contributed by atoms with Crippen LogP contribution in [0.25, 0.3) is 11.3 Å². The van der Waals surface area contributed by atoms with Gasteiger partial charge in [-0.1, -0.05) is 12.2 Å². The third-order valence-electron chi connectivity index (χ3n) is 2.19. The van der Waals surface area contributed by atoms with Crippen LogP contribution in [-0.2, 0) is 13.2 Å². The fourth-order valence-corrected chi connectivity index (χ4v) is 1.66. The van der Waals surface area contributed by atoms with Gasteiger partial charge in [0.1, 0.15) is 4.64 Å². The third-order valence-corrected chi connectivity index (χ3v) is 2.41. The van der Waals surface area contributed by atoms with Crippen molar-refractivity contribution >= 4 is 12.2 Å². The minimum Gasteiger partial charge on any atom is -0.346 e. The average molecular weight is 259 g/mol. The highest BCUT2D eigenvalue weighted by Gasteiger charge is 2.31. The molecule has 0 spiro atoms. The molecule has 2 aromatic rings. The van der Waals surface area contributed by atoms with Gasteiger partial charge in [-0.25, -0.2) is 0 Å². The summed E-state index contributed by atoms with van der Waals surface area (Å²) in [6, 6.07) is 1.92. The first-order chi connectivity index (χ1) is 7.86. The SMILES string of the molecule is Cn1cc(-c2cc(C(F)(F)F)cc(=S)[nH]2)cn1. The van der Waals surface area contributed by atoms with Crippen LogP contribution in [0.4, 0.5) is 13.2 Å². The lowest BCUT2D eigenvalue weighted by atomic mass is 10.1. The molecule has 0 aliphatic heterocycles. The maximum Gasteiger partial charge on any atom is 0.416 e. The van der Waals surface area contributed by atoms with Crippen LogP contribution in [0.5, 0.6) is 0 Å². The highest BCUT2D eigenvalue weighted by molar-refractivity contribution is 7.71. The third kappa shape index (κ3) is 2.55. The van der Waals surface area contributed by atoms with E-state index >= 15 is 0 Å². The lowest BCUT2D eigenvalue weighted by molar-refractivity contribution is -0.137. The molecule has 17 heavy (non-hydrogen) atoms. The first-order valence-corrected chi connectivity index (χ1v) is 5.07. The highest BCUT2D eigenvalue weighted by atomic mass is 32.1. The molecule has 0 saturated heterocycles. The zero-order valence-corrected chi connectivity index (χ0v) is 9.56. The predicted octanol–water partition coefficient (Wildman–Crippen LogP) is 3.16. The first-order valence-electron chi connectivity index (χ1n) is 4.67. The molecule has 2 aromatic heterocycles. The maximum absolute atomic E-state index is 12.6. The molecule has 0 bridgehead atoms. The molecule has 2 heterocycles. The molecular weight excluding hydrogens is 251 g/mol. The van der Waals surface area contributed by atoms with Gasteiger partial charge in [-0.15, -0.1) is 0 Å². The lowest BCUT2D eigenvalue weighted by Gasteiger charge is -2.08. The number of alkyl halides is 3. The number of hydrogen-bond acceptors (Lipinski definition) is 2. The smallest absolute Gasteiger partial charge is 0.346 e. The number of nitrogens with zero attached hydrogens (tertiary/aromatic N) is 2. The largest absolute Gasteiger partial charge is 0.416 e. The number of aromatic amines is 1. The van der Waals surface area contributed by atoms with E-state index in [0.717, 1.165) is 12.1 Å². The average Bonchev–Trinajstić information content (AvgIpc) is 2.62. The number of hydrogen-bond donors (Lipinski definition) is 1.